The number of esters is 1. The van der Waals surface area contributed by atoms with Crippen LogP contribution in [0.25, 0.3) is 0 Å². The summed E-state index contributed by atoms with van der Waals surface area (Å²) in [6.45, 7) is 9.96. The van der Waals surface area contributed by atoms with Crippen molar-refractivity contribution in [3.05, 3.63) is 12.2 Å². The smallest absolute Gasteiger partial charge is 0.334 e. The van der Waals surface area contributed by atoms with E-state index in [-0.39, 0.29) is 12.6 Å². The van der Waals surface area contributed by atoms with Crippen molar-refractivity contribution in [3.8, 4) is 0 Å². The number of hydrogen-bond acceptors (Lipinski definition) is 4. The van der Waals surface area contributed by atoms with Crippen LogP contribution in [-0.4, -0.2) is 48.8 Å². The Morgan fingerprint density at radius 2 is 2.06 bits per heavy atom. The molecular formula is C12H23NO3. The van der Waals surface area contributed by atoms with Crippen LogP contribution in [0.15, 0.2) is 12.2 Å². The minimum Gasteiger partial charge on any atom is -0.463 e. The summed E-state index contributed by atoms with van der Waals surface area (Å²) in [5.41, 5.74) is 0.450. The molecule has 4 nitrogen and oxygen atoms in total. The molecule has 0 aliphatic carbocycles. The number of carbonyl (C=O) groups excluding carboxylic acids is 1. The topological polar surface area (TPSA) is 49.8 Å². The standard InChI is InChI=1S/C12H23NO3/c1-4-6-7-13(8-9-14)10-11(3)12(15)16-5-2/h14H,3-10H2,1-2H3. The second kappa shape index (κ2) is 9.36. The average molecular weight is 229 g/mol. The molecule has 0 spiro atoms. The Morgan fingerprint density at radius 3 is 2.56 bits per heavy atom. The van der Waals surface area contributed by atoms with Gasteiger partial charge < -0.3 is 9.84 Å². The molecule has 1 N–H and O–H groups in total. The van der Waals surface area contributed by atoms with Crippen molar-refractivity contribution >= 4 is 5.97 Å². The van der Waals surface area contributed by atoms with Gasteiger partial charge in [0.2, 0.25) is 0 Å². The van der Waals surface area contributed by atoms with Crippen LogP contribution >= 0.6 is 0 Å². The van der Waals surface area contributed by atoms with Gasteiger partial charge in [-0.3, -0.25) is 4.90 Å². The lowest BCUT2D eigenvalue weighted by molar-refractivity contribution is -0.138. The molecule has 0 aromatic carbocycles. The molecule has 0 aromatic heterocycles. The molecule has 4 heteroatoms. The largest absolute Gasteiger partial charge is 0.463 e. The van der Waals surface area contributed by atoms with Crippen molar-refractivity contribution in [1.82, 2.24) is 4.90 Å². The summed E-state index contributed by atoms with van der Waals surface area (Å²) in [5.74, 6) is -0.345. The predicted octanol–water partition coefficient (Wildman–Crippen LogP) is 1.20. The van der Waals surface area contributed by atoms with E-state index in [0.717, 1.165) is 19.4 Å². The molecule has 0 saturated heterocycles. The van der Waals surface area contributed by atoms with Crippen molar-refractivity contribution in [2.24, 2.45) is 0 Å². The third kappa shape index (κ3) is 6.58. The Bertz CT molecular complexity index is 216. The first-order valence-corrected chi connectivity index (χ1v) is 5.83. The number of hydrogen-bond donors (Lipinski definition) is 1. The van der Waals surface area contributed by atoms with Gasteiger partial charge in [0.25, 0.3) is 0 Å². The maximum atomic E-state index is 11.3. The highest BCUT2D eigenvalue weighted by Crippen LogP contribution is 2.02. The molecule has 0 amide bonds. The Hall–Kier alpha value is -0.870. The van der Waals surface area contributed by atoms with Gasteiger partial charge in [-0.15, -0.1) is 0 Å². The molecule has 0 fully saturated rings. The summed E-state index contributed by atoms with van der Waals surface area (Å²) in [7, 11) is 0. The van der Waals surface area contributed by atoms with E-state index in [4.69, 9.17) is 9.84 Å². The third-order valence-electron chi connectivity index (χ3n) is 2.22. The Kier molecular flexibility index (Phi) is 8.85. The summed E-state index contributed by atoms with van der Waals surface area (Å²) >= 11 is 0. The molecule has 16 heavy (non-hydrogen) atoms. The number of carbonyl (C=O) groups is 1. The van der Waals surface area contributed by atoms with Gasteiger partial charge in [-0.25, -0.2) is 4.79 Å². The summed E-state index contributed by atoms with van der Waals surface area (Å²) < 4.78 is 4.86. The third-order valence-corrected chi connectivity index (χ3v) is 2.22. The minimum absolute atomic E-state index is 0.0970. The molecule has 0 aliphatic heterocycles. The van der Waals surface area contributed by atoms with Gasteiger partial charge in [0.15, 0.2) is 0 Å². The van der Waals surface area contributed by atoms with Crippen molar-refractivity contribution < 1.29 is 14.6 Å². The van der Waals surface area contributed by atoms with E-state index in [1.54, 1.807) is 6.92 Å². The van der Waals surface area contributed by atoms with Crippen LogP contribution in [0.4, 0.5) is 0 Å². The lowest BCUT2D eigenvalue weighted by Crippen LogP contribution is -2.31. The Balaban J connectivity index is 4.05. The fraction of sp³-hybridized carbons (Fsp3) is 0.750. The van der Waals surface area contributed by atoms with E-state index >= 15 is 0 Å². The first-order valence-electron chi connectivity index (χ1n) is 5.83. The minimum atomic E-state index is -0.345. The number of unbranched alkanes of at least 4 members (excludes halogenated alkanes) is 1. The van der Waals surface area contributed by atoms with Crippen LogP contribution in [-0.2, 0) is 9.53 Å². The molecule has 0 aromatic rings. The normalized spacial score (nSPS) is 10.5. The van der Waals surface area contributed by atoms with Gasteiger partial charge in [-0.1, -0.05) is 19.9 Å². The van der Waals surface area contributed by atoms with Crippen LogP contribution in [0.5, 0.6) is 0 Å². The second-order valence-corrected chi connectivity index (χ2v) is 3.68. The fourth-order valence-corrected chi connectivity index (χ4v) is 1.36. The number of aliphatic hydroxyl groups excluding tert-OH is 1. The van der Waals surface area contributed by atoms with Gasteiger partial charge in [0.05, 0.1) is 13.2 Å². The van der Waals surface area contributed by atoms with E-state index in [2.05, 4.69) is 13.5 Å². The van der Waals surface area contributed by atoms with Gasteiger partial charge in [0.1, 0.15) is 0 Å². The van der Waals surface area contributed by atoms with Gasteiger partial charge >= 0.3 is 5.97 Å². The Morgan fingerprint density at radius 1 is 1.38 bits per heavy atom. The zero-order valence-corrected chi connectivity index (χ0v) is 10.4. The van der Waals surface area contributed by atoms with Gasteiger partial charge in [-0.2, -0.15) is 0 Å². The lowest BCUT2D eigenvalue weighted by atomic mass is 10.2. The number of ether oxygens (including phenoxy) is 1. The monoisotopic (exact) mass is 229 g/mol. The van der Waals surface area contributed by atoms with Crippen molar-refractivity contribution in [3.63, 3.8) is 0 Å². The number of nitrogens with zero attached hydrogens (tertiary/aromatic N) is 1. The first kappa shape index (κ1) is 15.1. The molecule has 0 atom stereocenters. The maximum absolute atomic E-state index is 11.3. The molecule has 0 rings (SSSR count). The molecule has 0 heterocycles. The molecule has 0 radical (unpaired) electrons. The number of aliphatic hydroxyl groups is 1. The summed E-state index contributed by atoms with van der Waals surface area (Å²) in [6, 6.07) is 0. The van der Waals surface area contributed by atoms with Crippen molar-refractivity contribution in [2.75, 3.05) is 32.8 Å². The van der Waals surface area contributed by atoms with Crippen LogP contribution in [0, 0.1) is 0 Å². The summed E-state index contributed by atoms with van der Waals surface area (Å²) in [6.07, 6.45) is 2.14. The van der Waals surface area contributed by atoms with Gasteiger partial charge in [0, 0.05) is 18.7 Å². The van der Waals surface area contributed by atoms with E-state index < -0.39 is 0 Å². The highest BCUT2D eigenvalue weighted by Gasteiger charge is 2.12. The Labute approximate surface area is 97.9 Å². The van der Waals surface area contributed by atoms with E-state index in [1.165, 1.54) is 0 Å². The second-order valence-electron chi connectivity index (χ2n) is 3.68. The highest BCUT2D eigenvalue weighted by molar-refractivity contribution is 5.88. The zero-order chi connectivity index (χ0) is 12.4. The lowest BCUT2D eigenvalue weighted by Gasteiger charge is -2.21. The molecular weight excluding hydrogens is 206 g/mol. The molecule has 0 saturated carbocycles. The predicted molar refractivity (Wildman–Crippen MR) is 64.2 cm³/mol. The number of rotatable bonds is 9. The summed E-state index contributed by atoms with van der Waals surface area (Å²) in [4.78, 5) is 13.4. The fourth-order valence-electron chi connectivity index (χ4n) is 1.36. The van der Waals surface area contributed by atoms with Crippen LogP contribution in [0.1, 0.15) is 26.7 Å². The maximum Gasteiger partial charge on any atom is 0.334 e. The van der Waals surface area contributed by atoms with Crippen LogP contribution < -0.4 is 0 Å². The summed E-state index contributed by atoms with van der Waals surface area (Å²) in [5, 5.41) is 8.90. The quantitative estimate of drug-likeness (QED) is 0.477. The van der Waals surface area contributed by atoms with Gasteiger partial charge in [-0.05, 0) is 19.9 Å². The first-order chi connectivity index (χ1) is 7.65. The van der Waals surface area contributed by atoms with E-state index in [9.17, 15) is 4.79 Å². The van der Waals surface area contributed by atoms with Crippen molar-refractivity contribution in [2.45, 2.75) is 26.7 Å². The van der Waals surface area contributed by atoms with Crippen LogP contribution in [0.3, 0.4) is 0 Å². The SMILES string of the molecule is C=C(CN(CCO)CCCC)C(=O)OCC. The molecule has 0 aliphatic rings. The molecule has 94 valence electrons. The van der Waals surface area contributed by atoms with E-state index in [1.807, 2.05) is 4.90 Å². The average Bonchev–Trinajstić information content (AvgIpc) is 2.26. The van der Waals surface area contributed by atoms with E-state index in [0.29, 0.717) is 25.3 Å². The van der Waals surface area contributed by atoms with Crippen LogP contribution in [0.2, 0.25) is 0 Å². The highest BCUT2D eigenvalue weighted by atomic mass is 16.5. The zero-order valence-electron chi connectivity index (χ0n) is 10.4. The van der Waals surface area contributed by atoms with Crippen molar-refractivity contribution in [1.29, 1.82) is 0 Å². The molecule has 0 unspecified atom stereocenters. The molecule has 0 bridgehead atoms.